The lowest BCUT2D eigenvalue weighted by Gasteiger charge is -2.35. The van der Waals surface area contributed by atoms with E-state index in [0.29, 0.717) is 31.1 Å². The quantitative estimate of drug-likeness (QED) is 0.406. The summed E-state index contributed by atoms with van der Waals surface area (Å²) in [5, 5.41) is 6.56. The van der Waals surface area contributed by atoms with Crippen molar-refractivity contribution in [3.8, 4) is 5.75 Å². The molecule has 1 aliphatic heterocycles. The molecule has 1 aliphatic rings. The van der Waals surface area contributed by atoms with Gasteiger partial charge in [0.25, 0.3) is 0 Å². The first-order chi connectivity index (χ1) is 15.7. The van der Waals surface area contributed by atoms with Crippen molar-refractivity contribution in [3.05, 3.63) is 63.1 Å². The lowest BCUT2D eigenvalue weighted by molar-refractivity contribution is -0.130. The lowest BCUT2D eigenvalue weighted by Crippen LogP contribution is -2.49. The number of ether oxygens (including phenoxy) is 1. The SMILES string of the molecule is O=C(Cc1csc(COc2ccc(Cl)cc2)n1)N1CCN(c2ncnc3sccc23)CC1. The van der Waals surface area contributed by atoms with Gasteiger partial charge in [-0.3, -0.25) is 4.79 Å². The summed E-state index contributed by atoms with van der Waals surface area (Å²) in [6, 6.07) is 9.28. The van der Waals surface area contributed by atoms with Gasteiger partial charge in [-0.05, 0) is 35.7 Å². The Hall–Kier alpha value is -2.75. The topological polar surface area (TPSA) is 71.5 Å². The van der Waals surface area contributed by atoms with Gasteiger partial charge in [-0.1, -0.05) is 11.6 Å². The number of anilines is 1. The number of aromatic nitrogens is 3. The van der Waals surface area contributed by atoms with E-state index in [1.807, 2.05) is 27.8 Å². The van der Waals surface area contributed by atoms with Crippen LogP contribution in [0.15, 0.2) is 47.4 Å². The zero-order chi connectivity index (χ0) is 21.9. The third-order valence-corrected chi connectivity index (χ3v) is 7.22. The number of amides is 1. The largest absolute Gasteiger partial charge is 0.486 e. The second-order valence-corrected chi connectivity index (χ2v) is 9.63. The first-order valence-electron chi connectivity index (χ1n) is 10.2. The van der Waals surface area contributed by atoms with Gasteiger partial charge in [0.05, 0.1) is 17.5 Å². The maximum absolute atomic E-state index is 12.8. The monoisotopic (exact) mass is 485 g/mol. The second-order valence-electron chi connectivity index (χ2n) is 7.36. The molecule has 32 heavy (non-hydrogen) atoms. The first-order valence-corrected chi connectivity index (χ1v) is 12.3. The summed E-state index contributed by atoms with van der Waals surface area (Å²) < 4.78 is 5.74. The third-order valence-electron chi connectivity index (χ3n) is 5.28. The predicted molar refractivity (Wildman–Crippen MR) is 128 cm³/mol. The van der Waals surface area contributed by atoms with Crippen molar-refractivity contribution in [2.75, 3.05) is 31.1 Å². The van der Waals surface area contributed by atoms with Gasteiger partial charge in [-0.2, -0.15) is 0 Å². The number of benzene rings is 1. The normalized spacial score (nSPS) is 14.2. The highest BCUT2D eigenvalue weighted by atomic mass is 35.5. The Morgan fingerprint density at radius 2 is 1.88 bits per heavy atom. The Kier molecular flexibility index (Phi) is 6.20. The highest BCUT2D eigenvalue weighted by molar-refractivity contribution is 7.16. The molecule has 0 saturated carbocycles. The molecule has 1 amide bonds. The Morgan fingerprint density at radius 3 is 2.69 bits per heavy atom. The highest BCUT2D eigenvalue weighted by Gasteiger charge is 2.24. The molecule has 10 heteroatoms. The maximum atomic E-state index is 12.8. The van der Waals surface area contributed by atoms with E-state index >= 15 is 0 Å². The molecule has 0 atom stereocenters. The zero-order valence-electron chi connectivity index (χ0n) is 17.1. The van der Waals surface area contributed by atoms with Gasteiger partial charge >= 0.3 is 0 Å². The molecule has 1 aromatic carbocycles. The van der Waals surface area contributed by atoms with Crippen molar-refractivity contribution in [2.24, 2.45) is 0 Å². The van der Waals surface area contributed by atoms with Crippen LogP contribution in [-0.2, 0) is 17.8 Å². The van der Waals surface area contributed by atoms with E-state index < -0.39 is 0 Å². The molecule has 0 radical (unpaired) electrons. The van der Waals surface area contributed by atoms with Crippen molar-refractivity contribution in [1.82, 2.24) is 19.9 Å². The molecule has 0 unspecified atom stereocenters. The van der Waals surface area contributed by atoms with Crippen LogP contribution in [0.2, 0.25) is 5.02 Å². The van der Waals surface area contributed by atoms with Crippen molar-refractivity contribution >= 4 is 56.2 Å². The zero-order valence-corrected chi connectivity index (χ0v) is 19.5. The minimum Gasteiger partial charge on any atom is -0.486 e. The summed E-state index contributed by atoms with van der Waals surface area (Å²) in [6.45, 7) is 3.22. The van der Waals surface area contributed by atoms with Gasteiger partial charge in [0.15, 0.2) is 0 Å². The fraction of sp³-hybridized carbons (Fsp3) is 0.273. The maximum Gasteiger partial charge on any atom is 0.228 e. The number of carbonyl (C=O) groups excluding carboxylic acids is 1. The van der Waals surface area contributed by atoms with Crippen molar-refractivity contribution < 1.29 is 9.53 Å². The van der Waals surface area contributed by atoms with Crippen molar-refractivity contribution in [2.45, 2.75) is 13.0 Å². The standard InChI is InChI=1S/C22H20ClN5O2S2/c23-15-1-3-17(4-2-15)30-12-19-26-16(13-32-19)11-20(29)27-6-8-28(9-7-27)21-18-5-10-31-22(18)25-14-24-21/h1-5,10,13-14H,6-9,11-12H2. The number of nitrogens with zero attached hydrogens (tertiary/aromatic N) is 5. The van der Waals surface area contributed by atoms with Crippen LogP contribution >= 0.6 is 34.3 Å². The van der Waals surface area contributed by atoms with Crippen LogP contribution in [-0.4, -0.2) is 51.9 Å². The van der Waals surface area contributed by atoms with E-state index in [1.54, 1.807) is 29.8 Å². The fourth-order valence-electron chi connectivity index (χ4n) is 3.64. The van der Waals surface area contributed by atoms with Gasteiger partial charge in [0.2, 0.25) is 5.91 Å². The van der Waals surface area contributed by atoms with E-state index in [-0.39, 0.29) is 5.91 Å². The Labute approximate surface area is 198 Å². The minimum absolute atomic E-state index is 0.100. The number of rotatable bonds is 6. The summed E-state index contributed by atoms with van der Waals surface area (Å²) in [5.41, 5.74) is 0.785. The number of piperazine rings is 1. The van der Waals surface area contributed by atoms with E-state index in [9.17, 15) is 4.79 Å². The Balaban J connectivity index is 1.13. The van der Waals surface area contributed by atoms with E-state index in [2.05, 4.69) is 25.9 Å². The number of halogens is 1. The summed E-state index contributed by atoms with van der Waals surface area (Å²) in [4.78, 5) is 31.3. The summed E-state index contributed by atoms with van der Waals surface area (Å²) in [5.74, 6) is 1.79. The predicted octanol–water partition coefficient (Wildman–Crippen LogP) is 4.27. The number of fused-ring (bicyclic) bond motifs is 1. The molecular formula is C22H20ClN5O2S2. The third kappa shape index (κ3) is 4.69. The first kappa shape index (κ1) is 21.1. The number of thiophene rings is 1. The van der Waals surface area contributed by atoms with Gasteiger partial charge in [-0.15, -0.1) is 22.7 Å². The van der Waals surface area contributed by atoms with Crippen LogP contribution in [0.4, 0.5) is 5.82 Å². The number of thiazole rings is 1. The molecule has 1 fully saturated rings. The fourth-order valence-corrected chi connectivity index (χ4v) is 5.19. The second kappa shape index (κ2) is 9.40. The van der Waals surface area contributed by atoms with Gasteiger partial charge in [0.1, 0.15) is 34.3 Å². The molecule has 4 heterocycles. The van der Waals surface area contributed by atoms with Crippen LogP contribution in [0.3, 0.4) is 0 Å². The highest BCUT2D eigenvalue weighted by Crippen LogP contribution is 2.27. The smallest absolute Gasteiger partial charge is 0.228 e. The van der Waals surface area contributed by atoms with Gasteiger partial charge < -0.3 is 14.5 Å². The molecule has 164 valence electrons. The minimum atomic E-state index is 0.100. The van der Waals surface area contributed by atoms with Crippen LogP contribution in [0.25, 0.3) is 10.2 Å². The summed E-state index contributed by atoms with van der Waals surface area (Å²) >= 11 is 9.01. The van der Waals surface area contributed by atoms with E-state index in [4.69, 9.17) is 16.3 Å². The van der Waals surface area contributed by atoms with E-state index in [1.165, 1.54) is 11.3 Å². The van der Waals surface area contributed by atoms with Gasteiger partial charge in [0, 0.05) is 36.6 Å². The van der Waals surface area contributed by atoms with Crippen LogP contribution in [0.5, 0.6) is 5.75 Å². The molecule has 0 bridgehead atoms. The molecule has 4 aromatic rings. The van der Waals surface area contributed by atoms with Crippen LogP contribution in [0.1, 0.15) is 10.7 Å². The van der Waals surface area contributed by atoms with Crippen molar-refractivity contribution in [3.63, 3.8) is 0 Å². The van der Waals surface area contributed by atoms with E-state index in [0.717, 1.165) is 45.6 Å². The Bertz CT molecular complexity index is 1220. The summed E-state index contributed by atoms with van der Waals surface area (Å²) in [6.07, 6.45) is 1.92. The number of hydrogen-bond donors (Lipinski definition) is 0. The van der Waals surface area contributed by atoms with Crippen molar-refractivity contribution in [1.29, 1.82) is 0 Å². The molecule has 7 nitrogen and oxygen atoms in total. The molecule has 5 rings (SSSR count). The lowest BCUT2D eigenvalue weighted by atomic mass is 10.2. The molecule has 1 saturated heterocycles. The van der Waals surface area contributed by atoms with Gasteiger partial charge in [-0.25, -0.2) is 15.0 Å². The molecule has 0 aliphatic carbocycles. The molecule has 0 N–H and O–H groups in total. The Morgan fingerprint density at radius 1 is 1.06 bits per heavy atom. The molecular weight excluding hydrogens is 466 g/mol. The number of carbonyl (C=O) groups is 1. The average molecular weight is 486 g/mol. The van der Waals surface area contributed by atoms with Crippen LogP contribution < -0.4 is 9.64 Å². The average Bonchev–Trinajstić information content (AvgIpc) is 3.48. The molecule has 3 aromatic heterocycles. The summed E-state index contributed by atoms with van der Waals surface area (Å²) in [7, 11) is 0. The number of hydrogen-bond acceptors (Lipinski definition) is 8. The van der Waals surface area contributed by atoms with Crippen LogP contribution in [0, 0.1) is 0 Å². The molecule has 0 spiro atoms.